The second-order valence-corrected chi connectivity index (χ2v) is 3.79. The summed E-state index contributed by atoms with van der Waals surface area (Å²) in [6, 6.07) is 2.01. The molecule has 3 rings (SSSR count). The van der Waals surface area contributed by atoms with Crippen LogP contribution in [0.25, 0.3) is 0 Å². The summed E-state index contributed by atoms with van der Waals surface area (Å²) in [6.07, 6.45) is 5.03. The molecule has 0 aliphatic carbocycles. The minimum atomic E-state index is 0.168. The first kappa shape index (κ1) is 7.17. The highest BCUT2D eigenvalue weighted by molar-refractivity contribution is 5.36. The highest BCUT2D eigenvalue weighted by Gasteiger charge is 2.41. The molecule has 0 amide bonds. The van der Waals surface area contributed by atoms with Crippen molar-refractivity contribution in [3.8, 4) is 0 Å². The molecule has 1 aromatic heterocycles. The second-order valence-electron chi connectivity index (χ2n) is 3.79. The highest BCUT2D eigenvalue weighted by Crippen LogP contribution is 2.40. The number of rotatable bonds is 1. The zero-order valence-corrected chi connectivity index (χ0v) is 7.31. The van der Waals surface area contributed by atoms with Gasteiger partial charge in [0, 0.05) is 12.1 Å². The number of fused-ring (bicyclic) bond motifs is 2. The Morgan fingerprint density at radius 1 is 1.15 bits per heavy atom. The summed E-state index contributed by atoms with van der Waals surface area (Å²) in [5, 5.41) is 7.60. The molecule has 70 valence electrons. The Morgan fingerprint density at radius 3 is 2.23 bits per heavy atom. The fourth-order valence-corrected chi connectivity index (χ4v) is 2.56. The molecule has 2 saturated heterocycles. The van der Waals surface area contributed by atoms with Gasteiger partial charge >= 0.3 is 12.0 Å². The molecule has 13 heavy (non-hydrogen) atoms. The summed E-state index contributed by atoms with van der Waals surface area (Å²) in [6.45, 7) is 0. The lowest BCUT2D eigenvalue weighted by molar-refractivity contribution is 0.542. The topological polar surface area (TPSA) is 68.2 Å². The number of nitrogen functional groups attached to an aromatic ring is 1. The Morgan fingerprint density at radius 2 is 1.77 bits per heavy atom. The zero-order chi connectivity index (χ0) is 8.84. The van der Waals surface area contributed by atoms with E-state index < -0.39 is 0 Å². The van der Waals surface area contributed by atoms with E-state index in [-0.39, 0.29) is 6.01 Å². The molecule has 5 heteroatoms. The van der Waals surface area contributed by atoms with Crippen molar-refractivity contribution in [2.45, 2.75) is 37.8 Å². The van der Waals surface area contributed by atoms with Crippen molar-refractivity contribution in [1.82, 2.24) is 10.2 Å². The molecule has 0 spiro atoms. The molecule has 0 aromatic carbocycles. The fraction of sp³-hybridized carbons (Fsp3) is 0.750. The van der Waals surface area contributed by atoms with Crippen molar-refractivity contribution in [3.05, 3.63) is 0 Å². The third-order valence-electron chi connectivity index (χ3n) is 3.10. The van der Waals surface area contributed by atoms with E-state index >= 15 is 0 Å². The standard InChI is InChI=1S/C8H12N4O/c9-7-10-11-8(13-7)12-5-1-2-6(12)4-3-5/h5-6H,1-4H2,(H2,9,10). The smallest absolute Gasteiger partial charge is 0.320 e. The number of aromatic nitrogens is 2. The Hall–Kier alpha value is -1.26. The van der Waals surface area contributed by atoms with Gasteiger partial charge in [0.25, 0.3) is 0 Å². The van der Waals surface area contributed by atoms with Crippen LogP contribution in [-0.2, 0) is 0 Å². The average Bonchev–Trinajstić information content (AvgIpc) is 2.78. The average molecular weight is 180 g/mol. The van der Waals surface area contributed by atoms with Gasteiger partial charge < -0.3 is 15.1 Å². The van der Waals surface area contributed by atoms with E-state index in [2.05, 4.69) is 15.1 Å². The van der Waals surface area contributed by atoms with E-state index in [1.807, 2.05) is 0 Å². The first-order chi connectivity index (χ1) is 6.34. The number of nitrogens with zero attached hydrogens (tertiary/aromatic N) is 3. The quantitative estimate of drug-likeness (QED) is 0.691. The summed E-state index contributed by atoms with van der Waals surface area (Å²) in [4.78, 5) is 2.24. The Balaban J connectivity index is 1.93. The van der Waals surface area contributed by atoms with Crippen molar-refractivity contribution in [2.75, 3.05) is 10.6 Å². The molecule has 2 aliphatic rings. The molecular formula is C8H12N4O. The van der Waals surface area contributed by atoms with Gasteiger partial charge in [-0.1, -0.05) is 10.2 Å². The van der Waals surface area contributed by atoms with Gasteiger partial charge in [-0.05, 0) is 25.7 Å². The normalized spacial score (nSPS) is 31.5. The van der Waals surface area contributed by atoms with Crippen molar-refractivity contribution in [1.29, 1.82) is 0 Å². The van der Waals surface area contributed by atoms with Crippen LogP contribution in [-0.4, -0.2) is 22.3 Å². The maximum absolute atomic E-state index is 5.39. The monoisotopic (exact) mass is 180 g/mol. The molecule has 0 unspecified atom stereocenters. The summed E-state index contributed by atoms with van der Waals surface area (Å²) < 4.78 is 5.23. The van der Waals surface area contributed by atoms with Gasteiger partial charge in [0.1, 0.15) is 0 Å². The van der Waals surface area contributed by atoms with Gasteiger partial charge in [0.2, 0.25) is 0 Å². The molecular weight excluding hydrogens is 168 g/mol. The molecule has 2 bridgehead atoms. The molecule has 3 heterocycles. The minimum Gasteiger partial charge on any atom is -0.390 e. The molecule has 2 N–H and O–H groups in total. The van der Waals surface area contributed by atoms with Crippen LogP contribution in [0.15, 0.2) is 4.42 Å². The maximum Gasteiger partial charge on any atom is 0.320 e. The molecule has 2 aliphatic heterocycles. The number of hydrogen-bond donors (Lipinski definition) is 1. The highest BCUT2D eigenvalue weighted by atomic mass is 16.4. The lowest BCUT2D eigenvalue weighted by Gasteiger charge is -2.18. The minimum absolute atomic E-state index is 0.168. The van der Waals surface area contributed by atoms with Gasteiger partial charge in [-0.2, -0.15) is 0 Å². The largest absolute Gasteiger partial charge is 0.390 e. The Kier molecular flexibility index (Phi) is 1.31. The van der Waals surface area contributed by atoms with Crippen LogP contribution in [0.2, 0.25) is 0 Å². The van der Waals surface area contributed by atoms with E-state index in [1.54, 1.807) is 0 Å². The van der Waals surface area contributed by atoms with E-state index in [0.717, 1.165) is 0 Å². The first-order valence-electron chi connectivity index (χ1n) is 4.72. The first-order valence-corrected chi connectivity index (χ1v) is 4.72. The van der Waals surface area contributed by atoms with Gasteiger partial charge in [-0.3, -0.25) is 0 Å². The van der Waals surface area contributed by atoms with Gasteiger partial charge in [-0.25, -0.2) is 0 Å². The molecule has 2 fully saturated rings. The SMILES string of the molecule is Nc1nnc(N2C3CCC2CC3)o1. The third-order valence-corrected chi connectivity index (χ3v) is 3.10. The van der Waals surface area contributed by atoms with Crippen LogP contribution in [0.4, 0.5) is 12.0 Å². The van der Waals surface area contributed by atoms with Crippen molar-refractivity contribution in [3.63, 3.8) is 0 Å². The molecule has 0 radical (unpaired) electrons. The zero-order valence-electron chi connectivity index (χ0n) is 7.31. The van der Waals surface area contributed by atoms with Crippen molar-refractivity contribution in [2.24, 2.45) is 0 Å². The lowest BCUT2D eigenvalue weighted by Crippen LogP contribution is -2.28. The molecule has 5 nitrogen and oxygen atoms in total. The Bertz CT molecular complexity index is 304. The summed E-state index contributed by atoms with van der Waals surface area (Å²) in [5.74, 6) is 0. The second kappa shape index (κ2) is 2.37. The van der Waals surface area contributed by atoms with Crippen LogP contribution < -0.4 is 10.6 Å². The van der Waals surface area contributed by atoms with Crippen molar-refractivity contribution < 1.29 is 4.42 Å². The van der Waals surface area contributed by atoms with Crippen LogP contribution in [0, 0.1) is 0 Å². The van der Waals surface area contributed by atoms with Crippen LogP contribution >= 0.6 is 0 Å². The van der Waals surface area contributed by atoms with Crippen LogP contribution in [0.1, 0.15) is 25.7 Å². The van der Waals surface area contributed by atoms with E-state index in [0.29, 0.717) is 18.1 Å². The van der Waals surface area contributed by atoms with Gasteiger partial charge in [0.15, 0.2) is 0 Å². The molecule has 0 atom stereocenters. The third kappa shape index (κ3) is 0.928. The lowest BCUT2D eigenvalue weighted by atomic mass is 10.0. The van der Waals surface area contributed by atoms with E-state index in [4.69, 9.17) is 10.2 Å². The van der Waals surface area contributed by atoms with E-state index in [9.17, 15) is 0 Å². The van der Waals surface area contributed by atoms with Crippen molar-refractivity contribution >= 4 is 12.0 Å². The molecule has 1 aromatic rings. The van der Waals surface area contributed by atoms with Crippen LogP contribution in [0.3, 0.4) is 0 Å². The fourth-order valence-electron chi connectivity index (χ4n) is 2.56. The van der Waals surface area contributed by atoms with E-state index in [1.165, 1.54) is 25.7 Å². The van der Waals surface area contributed by atoms with Gasteiger partial charge in [-0.15, -0.1) is 0 Å². The number of nitrogens with two attached hydrogens (primary N) is 1. The molecule has 0 saturated carbocycles. The summed E-state index contributed by atoms with van der Waals surface area (Å²) in [5.41, 5.74) is 5.39. The predicted molar refractivity (Wildman–Crippen MR) is 47.2 cm³/mol. The predicted octanol–water partition coefficient (Wildman–Crippen LogP) is 0.783. The summed E-state index contributed by atoms with van der Waals surface area (Å²) >= 11 is 0. The van der Waals surface area contributed by atoms with Crippen LogP contribution in [0.5, 0.6) is 0 Å². The maximum atomic E-state index is 5.39. The Labute approximate surface area is 75.9 Å². The number of hydrogen-bond acceptors (Lipinski definition) is 5. The van der Waals surface area contributed by atoms with Gasteiger partial charge in [0.05, 0.1) is 0 Å². The number of anilines is 2. The summed E-state index contributed by atoms with van der Waals surface area (Å²) in [7, 11) is 0.